The molecule has 1 spiro atoms. The average molecular weight is 345 g/mol. The third-order valence-electron chi connectivity index (χ3n) is 5.20. The summed E-state index contributed by atoms with van der Waals surface area (Å²) in [7, 11) is 0. The van der Waals surface area contributed by atoms with Crippen LogP contribution < -0.4 is 10.0 Å². The van der Waals surface area contributed by atoms with Crippen molar-refractivity contribution in [3.63, 3.8) is 0 Å². The summed E-state index contributed by atoms with van der Waals surface area (Å²) in [6.07, 6.45) is 5.09. The van der Waals surface area contributed by atoms with E-state index in [4.69, 9.17) is 16.3 Å². The summed E-state index contributed by atoms with van der Waals surface area (Å²) in [6.45, 7) is 3.77. The van der Waals surface area contributed by atoms with Gasteiger partial charge in [0, 0.05) is 11.9 Å². The van der Waals surface area contributed by atoms with E-state index < -0.39 is 35.6 Å². The Bertz CT molecular complexity index is 776. The van der Waals surface area contributed by atoms with Crippen LogP contribution in [0.1, 0.15) is 6.42 Å². The minimum Gasteiger partial charge on any atom is -0.550 e. The maximum atomic E-state index is 13.2. The molecule has 1 aromatic carbocycles. The summed E-state index contributed by atoms with van der Waals surface area (Å²) in [4.78, 5) is 26.3. The first-order chi connectivity index (χ1) is 11.5. The van der Waals surface area contributed by atoms with Crippen molar-refractivity contribution in [1.82, 2.24) is 0 Å². The highest BCUT2D eigenvalue weighted by atomic mass is 35.5. The van der Waals surface area contributed by atoms with Crippen LogP contribution in [0.4, 0.5) is 5.69 Å². The van der Waals surface area contributed by atoms with Crippen LogP contribution in [0, 0.1) is 11.8 Å². The van der Waals surface area contributed by atoms with E-state index in [-0.39, 0.29) is 5.91 Å². The first-order valence-electron chi connectivity index (χ1n) is 7.78. The van der Waals surface area contributed by atoms with Crippen molar-refractivity contribution in [2.24, 2.45) is 11.8 Å². The van der Waals surface area contributed by atoms with E-state index in [0.717, 1.165) is 0 Å². The second-order valence-electron chi connectivity index (χ2n) is 6.32. The van der Waals surface area contributed by atoms with Crippen molar-refractivity contribution >= 4 is 29.2 Å². The van der Waals surface area contributed by atoms with Gasteiger partial charge < -0.3 is 19.5 Å². The molecule has 0 saturated carbocycles. The Balaban J connectivity index is 1.87. The third kappa shape index (κ3) is 1.79. The fourth-order valence-electron chi connectivity index (χ4n) is 4.30. The second kappa shape index (κ2) is 5.19. The van der Waals surface area contributed by atoms with Crippen LogP contribution in [0.2, 0.25) is 5.02 Å². The topological polar surface area (TPSA) is 69.7 Å². The number of amides is 1. The van der Waals surface area contributed by atoms with Gasteiger partial charge in [0.15, 0.2) is 0 Å². The van der Waals surface area contributed by atoms with Gasteiger partial charge in [-0.05, 0) is 18.6 Å². The van der Waals surface area contributed by atoms with Gasteiger partial charge in [0.05, 0.1) is 28.8 Å². The average Bonchev–Trinajstić information content (AvgIpc) is 3.18. The molecule has 24 heavy (non-hydrogen) atoms. The number of ether oxygens (including phenoxy) is 1. The van der Waals surface area contributed by atoms with Gasteiger partial charge in [0.2, 0.25) is 5.91 Å². The number of hydrogen-bond donors (Lipinski definition) is 0. The fraction of sp³-hybridized carbons (Fsp3) is 0.333. The molecule has 0 N–H and O–H groups in total. The van der Waals surface area contributed by atoms with Gasteiger partial charge in [-0.15, -0.1) is 6.58 Å². The highest BCUT2D eigenvalue weighted by molar-refractivity contribution is 6.34. The highest BCUT2D eigenvalue weighted by Gasteiger charge is 2.69. The van der Waals surface area contributed by atoms with Gasteiger partial charge in [0.25, 0.3) is 0 Å². The molecule has 2 saturated heterocycles. The number of rotatable bonds is 4. The molecule has 124 valence electrons. The molecule has 6 heteroatoms. The number of carboxylic acids is 1. The number of carbonyl (C=O) groups excluding carboxylic acids is 2. The summed E-state index contributed by atoms with van der Waals surface area (Å²) in [6, 6.07) is 6.62. The third-order valence-corrected chi connectivity index (χ3v) is 5.52. The zero-order valence-corrected chi connectivity index (χ0v) is 13.5. The smallest absolute Gasteiger partial charge is 0.234 e. The van der Waals surface area contributed by atoms with E-state index in [1.54, 1.807) is 41.3 Å². The number of para-hydroxylation sites is 1. The Morgan fingerprint density at radius 3 is 2.88 bits per heavy atom. The van der Waals surface area contributed by atoms with Crippen molar-refractivity contribution in [2.45, 2.75) is 24.2 Å². The summed E-state index contributed by atoms with van der Waals surface area (Å²) in [5.74, 6) is -3.35. The summed E-state index contributed by atoms with van der Waals surface area (Å²) >= 11 is 6.28. The van der Waals surface area contributed by atoms with E-state index in [1.165, 1.54) is 0 Å². The fourth-order valence-corrected chi connectivity index (χ4v) is 4.53. The Hall–Kier alpha value is -2.11. The summed E-state index contributed by atoms with van der Waals surface area (Å²) < 4.78 is 6.00. The predicted molar refractivity (Wildman–Crippen MR) is 86.3 cm³/mol. The Kier molecular flexibility index (Phi) is 3.34. The van der Waals surface area contributed by atoms with E-state index >= 15 is 0 Å². The lowest BCUT2D eigenvalue weighted by atomic mass is 9.74. The first kappa shape index (κ1) is 15.4. The van der Waals surface area contributed by atoms with Crippen molar-refractivity contribution in [1.29, 1.82) is 0 Å². The molecule has 3 heterocycles. The molecule has 1 amide bonds. The SMILES string of the molecule is C=CC[C@@H]1N(c2ccccc2Cl)C(=O)[C@H]2[C@H](C(=O)[O-])[C@H]3C=C[C@@]12O3. The van der Waals surface area contributed by atoms with E-state index in [1.807, 2.05) is 6.08 Å². The molecule has 0 unspecified atom stereocenters. The molecule has 3 aliphatic rings. The monoisotopic (exact) mass is 344 g/mol. The van der Waals surface area contributed by atoms with Crippen LogP contribution >= 0.6 is 11.6 Å². The number of carboxylic acid groups (broad SMARTS) is 1. The molecular formula is C18H15ClNO4-. The minimum absolute atomic E-state index is 0.295. The van der Waals surface area contributed by atoms with Crippen LogP contribution in [-0.4, -0.2) is 29.6 Å². The zero-order chi connectivity index (χ0) is 17.1. The molecule has 0 aliphatic carbocycles. The zero-order valence-electron chi connectivity index (χ0n) is 12.7. The number of halogens is 1. The molecule has 1 aromatic rings. The largest absolute Gasteiger partial charge is 0.550 e. The maximum absolute atomic E-state index is 13.2. The quantitative estimate of drug-likeness (QED) is 0.772. The predicted octanol–water partition coefficient (Wildman–Crippen LogP) is 1.32. The number of benzene rings is 1. The van der Waals surface area contributed by atoms with Gasteiger partial charge in [-0.1, -0.05) is 42.0 Å². The first-order valence-corrected chi connectivity index (χ1v) is 8.15. The molecule has 5 atom stereocenters. The normalized spacial score (nSPS) is 36.2. The van der Waals surface area contributed by atoms with Crippen molar-refractivity contribution < 1.29 is 19.4 Å². The molecule has 2 bridgehead atoms. The summed E-state index contributed by atoms with van der Waals surface area (Å²) in [5.41, 5.74) is -0.419. The van der Waals surface area contributed by atoms with Gasteiger partial charge in [-0.3, -0.25) is 4.79 Å². The minimum atomic E-state index is -1.26. The Labute approximate surface area is 144 Å². The standard InChI is InChI=1S/C18H16ClNO4/c1-2-5-13-18-9-8-12(24-18)14(17(22)23)15(18)16(21)20(13)11-7-4-3-6-10(11)19/h2-4,6-9,12-15H,1,5H2,(H,22,23)/p-1/t12-,13+,14-,15-,18-/m1/s1. The number of fused-ring (bicyclic) bond motifs is 1. The van der Waals surface area contributed by atoms with E-state index in [2.05, 4.69) is 6.58 Å². The molecule has 2 fully saturated rings. The molecule has 4 rings (SSSR count). The van der Waals surface area contributed by atoms with Gasteiger partial charge in [0.1, 0.15) is 5.60 Å². The highest BCUT2D eigenvalue weighted by Crippen LogP contribution is 2.56. The summed E-state index contributed by atoms with van der Waals surface area (Å²) in [5, 5.41) is 12.0. The van der Waals surface area contributed by atoms with E-state index in [0.29, 0.717) is 17.1 Å². The lowest BCUT2D eigenvalue weighted by Gasteiger charge is -2.33. The Morgan fingerprint density at radius 2 is 2.21 bits per heavy atom. The number of anilines is 1. The van der Waals surface area contributed by atoms with Gasteiger partial charge in [-0.2, -0.15) is 0 Å². The van der Waals surface area contributed by atoms with Crippen LogP contribution in [-0.2, 0) is 14.3 Å². The number of nitrogens with zero attached hydrogens (tertiary/aromatic N) is 1. The number of carbonyl (C=O) groups is 2. The van der Waals surface area contributed by atoms with Gasteiger partial charge in [-0.25, -0.2) is 0 Å². The maximum Gasteiger partial charge on any atom is 0.234 e. The van der Waals surface area contributed by atoms with Crippen molar-refractivity contribution in [3.8, 4) is 0 Å². The number of hydrogen-bond acceptors (Lipinski definition) is 4. The van der Waals surface area contributed by atoms with Crippen LogP contribution in [0.25, 0.3) is 0 Å². The molecule has 3 aliphatic heterocycles. The Morgan fingerprint density at radius 1 is 1.46 bits per heavy atom. The van der Waals surface area contributed by atoms with Crippen LogP contribution in [0.15, 0.2) is 49.1 Å². The van der Waals surface area contributed by atoms with Gasteiger partial charge >= 0.3 is 0 Å². The van der Waals surface area contributed by atoms with Crippen LogP contribution in [0.5, 0.6) is 0 Å². The lowest BCUT2D eigenvalue weighted by molar-refractivity contribution is -0.313. The van der Waals surface area contributed by atoms with Crippen molar-refractivity contribution in [2.75, 3.05) is 4.90 Å². The molecular weight excluding hydrogens is 330 g/mol. The molecule has 0 aromatic heterocycles. The number of aliphatic carboxylic acids is 1. The second-order valence-corrected chi connectivity index (χ2v) is 6.72. The van der Waals surface area contributed by atoms with Crippen molar-refractivity contribution in [3.05, 3.63) is 54.1 Å². The molecule has 5 nitrogen and oxygen atoms in total. The van der Waals surface area contributed by atoms with Crippen LogP contribution in [0.3, 0.4) is 0 Å². The van der Waals surface area contributed by atoms with E-state index in [9.17, 15) is 14.7 Å². The molecule has 0 radical (unpaired) electrons. The lowest BCUT2D eigenvalue weighted by Crippen LogP contribution is -2.46.